The normalized spacial score (nSPS) is 22.8. The van der Waals surface area contributed by atoms with Crippen molar-refractivity contribution in [3.63, 3.8) is 0 Å². The number of likely N-dealkylation sites (tertiary alicyclic amines) is 1. The van der Waals surface area contributed by atoms with Crippen LogP contribution in [0.1, 0.15) is 80.3 Å². The molecule has 2 heterocycles. The van der Waals surface area contributed by atoms with Crippen LogP contribution in [0.25, 0.3) is 10.9 Å². The highest BCUT2D eigenvalue weighted by Crippen LogP contribution is 2.38. The molecule has 236 valence electrons. The molecule has 2 saturated carbocycles. The molecule has 9 nitrogen and oxygen atoms in total. The number of benzene rings is 2. The molecular formula is C36H42N4O5. The average Bonchev–Trinajstić information content (AvgIpc) is 3.82. The van der Waals surface area contributed by atoms with Gasteiger partial charge in [-0.25, -0.2) is 0 Å². The fourth-order valence-electron chi connectivity index (χ4n) is 7.58. The Labute approximate surface area is 263 Å². The van der Waals surface area contributed by atoms with E-state index in [1.807, 2.05) is 60.7 Å². The van der Waals surface area contributed by atoms with Gasteiger partial charge in [-0.2, -0.15) is 0 Å². The van der Waals surface area contributed by atoms with E-state index in [2.05, 4.69) is 15.6 Å². The summed E-state index contributed by atoms with van der Waals surface area (Å²) in [5.74, 6) is -1.98. The van der Waals surface area contributed by atoms with E-state index in [0.29, 0.717) is 37.4 Å². The number of hydrogen-bond donors (Lipinski definition) is 3. The predicted molar refractivity (Wildman–Crippen MR) is 170 cm³/mol. The zero-order valence-electron chi connectivity index (χ0n) is 25.6. The van der Waals surface area contributed by atoms with Gasteiger partial charge in [0.2, 0.25) is 11.7 Å². The minimum Gasteiger partial charge on any atom is -0.351 e. The lowest BCUT2D eigenvalue weighted by molar-refractivity contribution is -0.141. The van der Waals surface area contributed by atoms with E-state index in [1.54, 1.807) is 4.90 Å². The first-order valence-corrected chi connectivity index (χ1v) is 16.4. The first kappa shape index (κ1) is 30.7. The Morgan fingerprint density at radius 2 is 1.64 bits per heavy atom. The van der Waals surface area contributed by atoms with E-state index < -0.39 is 29.7 Å². The summed E-state index contributed by atoms with van der Waals surface area (Å²) in [4.78, 5) is 72.1. The van der Waals surface area contributed by atoms with Crippen molar-refractivity contribution in [1.29, 1.82) is 0 Å². The number of H-pyrrole nitrogens is 1. The molecule has 3 aliphatic rings. The maximum atomic E-state index is 14.1. The monoisotopic (exact) mass is 610 g/mol. The van der Waals surface area contributed by atoms with E-state index in [9.17, 15) is 24.0 Å². The number of aromatic nitrogens is 1. The summed E-state index contributed by atoms with van der Waals surface area (Å²) in [5, 5.41) is 6.46. The standard InChI is InChI=1S/C36H42N4O5/c41-32-17-9-15-26(32)19-29(33(42)35(44)37-21-23-10-3-1-4-11-23)39-34(43)31-20-27(24-12-5-2-6-13-24)22-40(31)36(45)30-18-25-14-7-8-16-28(25)38-30/h1,3-4,7-8,10-11,14,16,18,24,26-27,29,31,38H,2,5-6,9,12-13,15,17,19-22H2,(H,37,44)(H,39,43)/t26-,27+,29-,31-/m0/s1. The van der Waals surface area contributed by atoms with Crippen molar-refractivity contribution in [2.24, 2.45) is 17.8 Å². The van der Waals surface area contributed by atoms with Crippen LogP contribution in [-0.2, 0) is 25.7 Å². The molecule has 4 atom stereocenters. The Bertz CT molecular complexity index is 1530. The zero-order chi connectivity index (χ0) is 31.3. The number of rotatable bonds is 10. The molecule has 1 aromatic heterocycles. The van der Waals surface area contributed by atoms with E-state index in [4.69, 9.17) is 0 Å². The number of carbonyl (C=O) groups excluding carboxylic acids is 5. The molecule has 1 saturated heterocycles. The molecule has 6 rings (SSSR count). The number of nitrogens with one attached hydrogen (secondary N) is 3. The maximum Gasteiger partial charge on any atom is 0.289 e. The van der Waals surface area contributed by atoms with Crippen molar-refractivity contribution in [3.05, 3.63) is 71.9 Å². The molecule has 2 aromatic carbocycles. The minimum absolute atomic E-state index is 0.0561. The fourth-order valence-corrected chi connectivity index (χ4v) is 7.58. The van der Waals surface area contributed by atoms with Gasteiger partial charge in [-0.05, 0) is 55.2 Å². The number of hydrogen-bond acceptors (Lipinski definition) is 5. The topological polar surface area (TPSA) is 128 Å². The average molecular weight is 611 g/mol. The number of ketones is 2. The number of fused-ring (bicyclic) bond motifs is 1. The number of para-hydroxylation sites is 1. The van der Waals surface area contributed by atoms with Crippen LogP contribution in [0.3, 0.4) is 0 Å². The largest absolute Gasteiger partial charge is 0.351 e. The van der Waals surface area contributed by atoms with Crippen molar-refractivity contribution in [3.8, 4) is 0 Å². The zero-order valence-corrected chi connectivity index (χ0v) is 25.6. The van der Waals surface area contributed by atoms with Crippen LogP contribution in [-0.4, -0.2) is 57.8 Å². The van der Waals surface area contributed by atoms with Crippen molar-refractivity contribution in [1.82, 2.24) is 20.5 Å². The summed E-state index contributed by atoms with van der Waals surface area (Å²) in [5.41, 5.74) is 2.11. The summed E-state index contributed by atoms with van der Waals surface area (Å²) < 4.78 is 0. The molecule has 0 spiro atoms. The third kappa shape index (κ3) is 7.02. The van der Waals surface area contributed by atoms with Crippen molar-refractivity contribution >= 4 is 40.2 Å². The Kier molecular flexibility index (Phi) is 9.42. The Balaban J connectivity index is 1.22. The van der Waals surface area contributed by atoms with Crippen LogP contribution in [0.15, 0.2) is 60.7 Å². The van der Waals surface area contributed by atoms with Gasteiger partial charge in [0.1, 0.15) is 17.5 Å². The van der Waals surface area contributed by atoms with Gasteiger partial charge in [0, 0.05) is 36.3 Å². The molecule has 9 heteroatoms. The highest BCUT2D eigenvalue weighted by molar-refractivity contribution is 6.38. The molecule has 0 unspecified atom stereocenters. The Morgan fingerprint density at radius 1 is 0.889 bits per heavy atom. The van der Waals surface area contributed by atoms with E-state index in [1.165, 1.54) is 6.42 Å². The number of aromatic amines is 1. The highest BCUT2D eigenvalue weighted by Gasteiger charge is 2.44. The first-order valence-electron chi connectivity index (χ1n) is 16.4. The molecule has 3 fully saturated rings. The summed E-state index contributed by atoms with van der Waals surface area (Å²) in [7, 11) is 0. The lowest BCUT2D eigenvalue weighted by atomic mass is 9.79. The molecule has 3 N–H and O–H groups in total. The van der Waals surface area contributed by atoms with Crippen LogP contribution in [0.2, 0.25) is 0 Å². The molecule has 0 bridgehead atoms. The van der Waals surface area contributed by atoms with Gasteiger partial charge in [0.05, 0.1) is 6.04 Å². The van der Waals surface area contributed by atoms with E-state index in [0.717, 1.165) is 48.6 Å². The number of nitrogens with zero attached hydrogens (tertiary/aromatic N) is 1. The maximum absolute atomic E-state index is 14.1. The lowest BCUT2D eigenvalue weighted by Gasteiger charge is -2.27. The third-order valence-corrected chi connectivity index (χ3v) is 10.1. The first-order chi connectivity index (χ1) is 21.9. The smallest absolute Gasteiger partial charge is 0.289 e. The quantitative estimate of drug-likeness (QED) is 0.287. The van der Waals surface area contributed by atoms with Crippen LogP contribution < -0.4 is 10.6 Å². The predicted octanol–water partition coefficient (Wildman–Crippen LogP) is 4.71. The number of Topliss-reactive ketones (excluding diaryl/α,β-unsaturated/α-hetero) is 2. The summed E-state index contributed by atoms with van der Waals surface area (Å²) in [6.07, 6.45) is 8.07. The van der Waals surface area contributed by atoms with Gasteiger partial charge in [-0.15, -0.1) is 0 Å². The third-order valence-electron chi connectivity index (χ3n) is 10.1. The Hall–Kier alpha value is -4.27. The number of amides is 3. The second-order valence-electron chi connectivity index (χ2n) is 13.0. The highest BCUT2D eigenvalue weighted by atomic mass is 16.2. The lowest BCUT2D eigenvalue weighted by Crippen LogP contribution is -2.54. The van der Waals surface area contributed by atoms with Gasteiger partial charge in [-0.1, -0.05) is 80.6 Å². The minimum atomic E-state index is -1.15. The van der Waals surface area contributed by atoms with Crippen molar-refractivity contribution in [2.75, 3.05) is 6.54 Å². The van der Waals surface area contributed by atoms with Crippen LogP contribution >= 0.6 is 0 Å². The van der Waals surface area contributed by atoms with Crippen LogP contribution in [0.5, 0.6) is 0 Å². The summed E-state index contributed by atoms with van der Waals surface area (Å²) in [6, 6.07) is 16.8. The van der Waals surface area contributed by atoms with Gasteiger partial charge in [0.25, 0.3) is 11.8 Å². The molecule has 3 aromatic rings. The molecule has 45 heavy (non-hydrogen) atoms. The van der Waals surface area contributed by atoms with Gasteiger partial charge >= 0.3 is 0 Å². The van der Waals surface area contributed by atoms with E-state index >= 15 is 0 Å². The molecule has 2 aliphatic carbocycles. The van der Waals surface area contributed by atoms with E-state index in [-0.39, 0.29) is 36.5 Å². The molecule has 3 amide bonds. The number of carbonyl (C=O) groups is 5. The van der Waals surface area contributed by atoms with Gasteiger partial charge < -0.3 is 20.5 Å². The van der Waals surface area contributed by atoms with Crippen molar-refractivity contribution < 1.29 is 24.0 Å². The second kappa shape index (κ2) is 13.8. The van der Waals surface area contributed by atoms with Gasteiger partial charge in [0.15, 0.2) is 0 Å². The van der Waals surface area contributed by atoms with Crippen molar-refractivity contribution in [2.45, 2.75) is 82.8 Å². The Morgan fingerprint density at radius 3 is 2.38 bits per heavy atom. The molecular weight excluding hydrogens is 568 g/mol. The SMILES string of the molecule is O=C(NCc1ccccc1)C(=O)[C@H](C[C@@H]1CCCC1=O)NC(=O)[C@@H]1C[C@@H](C2CCCCC2)CN1C(=O)c1cc2ccccc2[nH]1. The summed E-state index contributed by atoms with van der Waals surface area (Å²) >= 11 is 0. The molecule has 1 aliphatic heterocycles. The van der Waals surface area contributed by atoms with Crippen LogP contribution in [0.4, 0.5) is 0 Å². The molecule has 0 radical (unpaired) electrons. The fraction of sp³-hybridized carbons (Fsp3) is 0.472. The van der Waals surface area contributed by atoms with Gasteiger partial charge in [-0.3, -0.25) is 24.0 Å². The van der Waals surface area contributed by atoms with Crippen LogP contribution in [0, 0.1) is 17.8 Å². The summed E-state index contributed by atoms with van der Waals surface area (Å²) in [6.45, 7) is 0.640. The second-order valence-corrected chi connectivity index (χ2v) is 13.0.